The second kappa shape index (κ2) is 9.52. The van der Waals surface area contributed by atoms with E-state index < -0.39 is 0 Å². The molecule has 31 heavy (non-hydrogen) atoms. The third-order valence-corrected chi connectivity index (χ3v) is 6.09. The van der Waals surface area contributed by atoms with Gasteiger partial charge < -0.3 is 20.8 Å². The molecule has 0 radical (unpaired) electrons. The Morgan fingerprint density at radius 1 is 1.23 bits per heavy atom. The number of aryl methyl sites for hydroxylation is 1. The quantitative estimate of drug-likeness (QED) is 0.404. The Bertz CT molecular complexity index is 928. The molecule has 6 nitrogen and oxygen atoms in total. The van der Waals surface area contributed by atoms with Crippen molar-refractivity contribution >= 4 is 23.3 Å². The highest BCUT2D eigenvalue weighted by atomic mass is 16.5. The zero-order valence-corrected chi connectivity index (χ0v) is 18.6. The average molecular weight is 420 g/mol. The van der Waals surface area contributed by atoms with Crippen molar-refractivity contribution in [3.8, 4) is 0 Å². The number of rotatable bonds is 7. The lowest BCUT2D eigenvalue weighted by atomic mass is 9.90. The van der Waals surface area contributed by atoms with Crippen LogP contribution in [0.2, 0.25) is 0 Å². The van der Waals surface area contributed by atoms with Crippen LogP contribution in [-0.4, -0.2) is 49.8 Å². The fraction of sp³-hybridized carbons (Fsp3) is 0.440. The number of hydrazone groups is 1. The maximum absolute atomic E-state index is 5.74. The molecule has 4 rings (SSSR count). The maximum atomic E-state index is 5.74. The lowest BCUT2D eigenvalue weighted by Crippen LogP contribution is -2.64. The zero-order chi connectivity index (χ0) is 21.7. The molecule has 2 aromatic carbocycles. The van der Waals surface area contributed by atoms with Crippen molar-refractivity contribution in [2.24, 2.45) is 15.9 Å². The van der Waals surface area contributed by atoms with Gasteiger partial charge >= 0.3 is 0 Å². The van der Waals surface area contributed by atoms with E-state index in [-0.39, 0.29) is 11.6 Å². The summed E-state index contributed by atoms with van der Waals surface area (Å²) in [7, 11) is 0. The number of anilines is 2. The summed E-state index contributed by atoms with van der Waals surface area (Å²) >= 11 is 0. The van der Waals surface area contributed by atoms with Gasteiger partial charge in [0.05, 0.1) is 18.2 Å². The summed E-state index contributed by atoms with van der Waals surface area (Å²) in [6, 6.07) is 16.8. The number of ether oxygens (including phenoxy) is 1. The number of nitrogens with zero attached hydrogens (tertiary/aromatic N) is 3. The highest BCUT2D eigenvalue weighted by molar-refractivity contribution is 6.38. The van der Waals surface area contributed by atoms with Crippen molar-refractivity contribution < 1.29 is 4.74 Å². The standard InChI is InChI=1S/C25H33N5O/c1-19-14-21(30-17-25(2,18-30)28-20-8-4-3-5-9-20)11-12-23(19)24(29-26)16-27-15-22-10-6-7-13-31-22/h3-5,8-9,11-12,14,16,22,28H,6-7,10,13,15,17-18,26H2,1-2H3/b27-16?,29-24+. The van der Waals surface area contributed by atoms with Crippen LogP contribution in [-0.2, 0) is 4.74 Å². The van der Waals surface area contributed by atoms with E-state index in [0.29, 0.717) is 12.3 Å². The SMILES string of the molecule is Cc1cc(N2CC(C)(Nc3ccccc3)C2)ccc1/C(C=NCC1CCCCO1)=N/N. The van der Waals surface area contributed by atoms with Gasteiger partial charge in [0, 0.05) is 42.8 Å². The van der Waals surface area contributed by atoms with Gasteiger partial charge in [0.25, 0.3) is 0 Å². The fourth-order valence-corrected chi connectivity index (χ4v) is 4.44. The largest absolute Gasteiger partial charge is 0.376 e. The molecule has 1 unspecified atom stereocenters. The van der Waals surface area contributed by atoms with E-state index >= 15 is 0 Å². The van der Waals surface area contributed by atoms with Gasteiger partial charge in [-0.15, -0.1) is 0 Å². The second-order valence-electron chi connectivity index (χ2n) is 8.90. The number of benzene rings is 2. The van der Waals surface area contributed by atoms with Crippen molar-refractivity contribution in [2.75, 3.05) is 36.5 Å². The first-order valence-electron chi connectivity index (χ1n) is 11.1. The summed E-state index contributed by atoms with van der Waals surface area (Å²) < 4.78 is 5.74. The van der Waals surface area contributed by atoms with Crippen molar-refractivity contribution in [1.29, 1.82) is 0 Å². The van der Waals surface area contributed by atoms with Gasteiger partial charge in [-0.2, -0.15) is 5.10 Å². The molecular formula is C25H33N5O. The molecule has 2 heterocycles. The predicted octanol–water partition coefficient (Wildman–Crippen LogP) is 3.99. The third kappa shape index (κ3) is 5.25. The third-order valence-electron chi connectivity index (χ3n) is 6.09. The predicted molar refractivity (Wildman–Crippen MR) is 130 cm³/mol. The Kier molecular flexibility index (Phi) is 6.56. The number of aliphatic imine (C=N–C) groups is 1. The summed E-state index contributed by atoms with van der Waals surface area (Å²) in [5.74, 6) is 5.68. The van der Waals surface area contributed by atoms with Crippen LogP contribution in [0.4, 0.5) is 11.4 Å². The van der Waals surface area contributed by atoms with Crippen LogP contribution in [0.15, 0.2) is 58.6 Å². The van der Waals surface area contributed by atoms with E-state index in [1.165, 1.54) is 12.1 Å². The summed E-state index contributed by atoms with van der Waals surface area (Å²) in [5.41, 5.74) is 5.33. The minimum absolute atomic E-state index is 0.0751. The van der Waals surface area contributed by atoms with Gasteiger partial charge in [0.15, 0.2) is 0 Å². The van der Waals surface area contributed by atoms with Crippen molar-refractivity contribution in [1.82, 2.24) is 0 Å². The summed E-state index contributed by atoms with van der Waals surface area (Å²) in [5, 5.41) is 7.64. The summed E-state index contributed by atoms with van der Waals surface area (Å²) in [4.78, 5) is 6.94. The first-order chi connectivity index (χ1) is 15.1. The normalized spacial score (nSPS) is 21.2. The zero-order valence-electron chi connectivity index (χ0n) is 18.6. The monoisotopic (exact) mass is 419 g/mol. The molecule has 2 aromatic rings. The smallest absolute Gasteiger partial charge is 0.108 e. The Labute approximate surface area is 185 Å². The van der Waals surface area contributed by atoms with Crippen molar-refractivity contribution in [2.45, 2.75) is 44.8 Å². The Morgan fingerprint density at radius 3 is 2.71 bits per heavy atom. The van der Waals surface area contributed by atoms with Gasteiger partial charge in [0.2, 0.25) is 0 Å². The summed E-state index contributed by atoms with van der Waals surface area (Å²) in [6.45, 7) is 7.79. The summed E-state index contributed by atoms with van der Waals surface area (Å²) in [6.07, 6.45) is 5.45. The first kappa shape index (κ1) is 21.4. The van der Waals surface area contributed by atoms with Crippen LogP contribution in [0.1, 0.15) is 37.3 Å². The average Bonchev–Trinajstić information content (AvgIpc) is 2.77. The van der Waals surface area contributed by atoms with E-state index in [4.69, 9.17) is 10.6 Å². The van der Waals surface area contributed by atoms with E-state index in [2.05, 4.69) is 76.6 Å². The van der Waals surface area contributed by atoms with Crippen LogP contribution in [0, 0.1) is 6.92 Å². The molecule has 0 spiro atoms. The Balaban J connectivity index is 1.36. The number of hydrogen-bond donors (Lipinski definition) is 2. The van der Waals surface area contributed by atoms with Gasteiger partial charge in [0.1, 0.15) is 5.71 Å². The molecule has 6 heteroatoms. The van der Waals surface area contributed by atoms with Crippen LogP contribution in [0.25, 0.3) is 0 Å². The van der Waals surface area contributed by atoms with E-state index in [1.54, 1.807) is 6.21 Å². The molecule has 2 saturated heterocycles. The van der Waals surface area contributed by atoms with Crippen molar-refractivity contribution in [3.05, 3.63) is 59.7 Å². The first-order valence-corrected chi connectivity index (χ1v) is 11.1. The van der Waals surface area contributed by atoms with Gasteiger partial charge in [-0.1, -0.05) is 24.3 Å². The van der Waals surface area contributed by atoms with E-state index in [0.717, 1.165) is 49.4 Å². The van der Waals surface area contributed by atoms with Crippen LogP contribution < -0.4 is 16.1 Å². The lowest BCUT2D eigenvalue weighted by Gasteiger charge is -2.50. The van der Waals surface area contributed by atoms with Crippen molar-refractivity contribution in [3.63, 3.8) is 0 Å². The Morgan fingerprint density at radius 2 is 2.03 bits per heavy atom. The highest BCUT2D eigenvalue weighted by Gasteiger charge is 2.38. The van der Waals surface area contributed by atoms with Crippen LogP contribution >= 0.6 is 0 Å². The minimum Gasteiger partial charge on any atom is -0.376 e. The van der Waals surface area contributed by atoms with Gasteiger partial charge in [-0.25, -0.2) is 0 Å². The lowest BCUT2D eigenvalue weighted by molar-refractivity contribution is 0.0226. The minimum atomic E-state index is 0.0751. The number of hydrogen-bond acceptors (Lipinski definition) is 6. The molecule has 0 bridgehead atoms. The number of para-hydroxylation sites is 1. The second-order valence-corrected chi connectivity index (χ2v) is 8.90. The molecule has 0 aromatic heterocycles. The topological polar surface area (TPSA) is 75.2 Å². The molecular weight excluding hydrogens is 386 g/mol. The molecule has 0 aliphatic carbocycles. The molecule has 0 amide bonds. The molecule has 2 aliphatic rings. The highest BCUT2D eigenvalue weighted by Crippen LogP contribution is 2.31. The molecule has 164 valence electrons. The number of nitrogens with one attached hydrogen (secondary N) is 1. The Hall–Kier alpha value is -2.86. The molecule has 2 aliphatic heterocycles. The van der Waals surface area contributed by atoms with Gasteiger partial charge in [-0.05, 0) is 62.9 Å². The van der Waals surface area contributed by atoms with Crippen LogP contribution in [0.3, 0.4) is 0 Å². The van der Waals surface area contributed by atoms with Gasteiger partial charge in [-0.3, -0.25) is 4.99 Å². The van der Waals surface area contributed by atoms with E-state index in [1.807, 2.05) is 6.07 Å². The maximum Gasteiger partial charge on any atom is 0.108 e. The molecule has 0 saturated carbocycles. The van der Waals surface area contributed by atoms with Crippen LogP contribution in [0.5, 0.6) is 0 Å². The molecule has 3 N–H and O–H groups in total. The number of nitrogens with two attached hydrogens (primary N) is 1. The fourth-order valence-electron chi connectivity index (χ4n) is 4.44. The molecule has 1 atom stereocenters. The van der Waals surface area contributed by atoms with E-state index in [9.17, 15) is 0 Å². The molecule has 2 fully saturated rings.